The van der Waals surface area contributed by atoms with Crippen LogP contribution in [0.15, 0.2) is 35.4 Å². The highest BCUT2D eigenvalue weighted by molar-refractivity contribution is 5.77. The normalized spacial score (nSPS) is 10.4. The zero-order chi connectivity index (χ0) is 12.3. The molecule has 0 spiro atoms. The van der Waals surface area contributed by atoms with Gasteiger partial charge in [-0.3, -0.25) is 14.6 Å². The maximum Gasteiger partial charge on any atom is 0.326 e. The molecule has 0 unspecified atom stereocenters. The second-order valence-corrected chi connectivity index (χ2v) is 3.50. The van der Waals surface area contributed by atoms with Crippen LogP contribution in [0.4, 0.5) is 0 Å². The second kappa shape index (κ2) is 4.78. The minimum absolute atomic E-state index is 0.0841. The summed E-state index contributed by atoms with van der Waals surface area (Å²) in [5.74, 6) is -0.426. The highest BCUT2D eigenvalue weighted by Crippen LogP contribution is 2.04. The predicted octanol–water partition coefficient (Wildman–Crippen LogP) is 0.960. The summed E-state index contributed by atoms with van der Waals surface area (Å²) in [7, 11) is 0. The number of aromatic nitrogens is 2. The van der Waals surface area contributed by atoms with Gasteiger partial charge in [-0.05, 0) is 19.1 Å². The maximum atomic E-state index is 12.0. The SMILES string of the molecule is CCOC(=O)Cn1ccc2cccnc2c1=O. The fourth-order valence-corrected chi connectivity index (χ4v) is 1.58. The summed E-state index contributed by atoms with van der Waals surface area (Å²) in [5.41, 5.74) is 0.0791. The van der Waals surface area contributed by atoms with Crippen LogP contribution in [0.1, 0.15) is 6.92 Å². The molecule has 0 fully saturated rings. The van der Waals surface area contributed by atoms with E-state index in [1.165, 1.54) is 4.57 Å². The number of hydrogen-bond acceptors (Lipinski definition) is 4. The molecule has 88 valence electrons. The quantitative estimate of drug-likeness (QED) is 0.739. The zero-order valence-electron chi connectivity index (χ0n) is 9.42. The summed E-state index contributed by atoms with van der Waals surface area (Å²) in [5, 5.41) is 0.762. The number of carbonyl (C=O) groups excluding carboxylic acids is 1. The molecule has 17 heavy (non-hydrogen) atoms. The first-order valence-corrected chi connectivity index (χ1v) is 5.32. The van der Waals surface area contributed by atoms with Crippen LogP contribution in [0.2, 0.25) is 0 Å². The Hall–Kier alpha value is -2.17. The highest BCUT2D eigenvalue weighted by atomic mass is 16.5. The third-order valence-electron chi connectivity index (χ3n) is 2.34. The molecule has 5 nitrogen and oxygen atoms in total. The molecule has 2 aromatic heterocycles. The standard InChI is InChI=1S/C12H12N2O3/c1-2-17-10(15)8-14-7-5-9-4-3-6-13-11(9)12(14)16/h3-7H,2,8H2,1H3. The first-order valence-electron chi connectivity index (χ1n) is 5.32. The molecule has 5 heteroatoms. The molecular formula is C12H12N2O3. The Kier molecular flexibility index (Phi) is 3.18. The summed E-state index contributed by atoms with van der Waals surface area (Å²) in [6, 6.07) is 5.32. The Morgan fingerprint density at radius 3 is 3.06 bits per heavy atom. The van der Waals surface area contributed by atoms with Gasteiger partial charge in [0.25, 0.3) is 5.56 Å². The van der Waals surface area contributed by atoms with Crippen molar-refractivity contribution < 1.29 is 9.53 Å². The van der Waals surface area contributed by atoms with Gasteiger partial charge in [-0.2, -0.15) is 0 Å². The van der Waals surface area contributed by atoms with E-state index in [4.69, 9.17) is 4.74 Å². The Bertz CT molecular complexity index is 604. The van der Waals surface area contributed by atoms with Crippen molar-refractivity contribution in [3.8, 4) is 0 Å². The molecule has 2 rings (SSSR count). The van der Waals surface area contributed by atoms with E-state index in [9.17, 15) is 9.59 Å². The molecule has 2 heterocycles. The topological polar surface area (TPSA) is 61.2 Å². The number of ether oxygens (including phenoxy) is 1. The number of nitrogens with zero attached hydrogens (tertiary/aromatic N) is 2. The third kappa shape index (κ3) is 2.33. The van der Waals surface area contributed by atoms with E-state index < -0.39 is 5.97 Å². The molecular weight excluding hydrogens is 220 g/mol. The van der Waals surface area contributed by atoms with Gasteiger partial charge in [0.15, 0.2) is 0 Å². The summed E-state index contributed by atoms with van der Waals surface area (Å²) in [6.45, 7) is 1.95. The fourth-order valence-electron chi connectivity index (χ4n) is 1.58. The smallest absolute Gasteiger partial charge is 0.326 e. The molecule has 0 N–H and O–H groups in total. The Morgan fingerprint density at radius 1 is 1.47 bits per heavy atom. The molecule has 0 aliphatic carbocycles. The van der Waals surface area contributed by atoms with Gasteiger partial charge < -0.3 is 9.30 Å². The number of pyridine rings is 2. The minimum atomic E-state index is -0.426. The van der Waals surface area contributed by atoms with Crippen LogP contribution in [0.5, 0.6) is 0 Å². The lowest BCUT2D eigenvalue weighted by Gasteiger charge is -2.05. The number of fused-ring (bicyclic) bond motifs is 1. The van der Waals surface area contributed by atoms with Crippen LogP contribution in [0.3, 0.4) is 0 Å². The third-order valence-corrected chi connectivity index (χ3v) is 2.34. The van der Waals surface area contributed by atoms with Gasteiger partial charge in [0.1, 0.15) is 12.1 Å². The van der Waals surface area contributed by atoms with Gasteiger partial charge in [0, 0.05) is 17.8 Å². The van der Waals surface area contributed by atoms with E-state index in [2.05, 4.69) is 4.98 Å². The lowest BCUT2D eigenvalue weighted by molar-refractivity contribution is -0.143. The summed E-state index contributed by atoms with van der Waals surface area (Å²) < 4.78 is 6.09. The van der Waals surface area contributed by atoms with Gasteiger partial charge in [-0.15, -0.1) is 0 Å². The first-order chi connectivity index (χ1) is 8.22. The van der Waals surface area contributed by atoms with E-state index >= 15 is 0 Å². The molecule has 0 radical (unpaired) electrons. The molecule has 0 amide bonds. The number of esters is 1. The Balaban J connectivity index is 2.39. The van der Waals surface area contributed by atoms with E-state index in [-0.39, 0.29) is 12.1 Å². The lowest BCUT2D eigenvalue weighted by atomic mass is 10.2. The molecule has 0 saturated carbocycles. The zero-order valence-corrected chi connectivity index (χ0v) is 9.42. The molecule has 0 aliphatic heterocycles. The van der Waals surface area contributed by atoms with Crippen LogP contribution in [-0.4, -0.2) is 22.1 Å². The van der Waals surface area contributed by atoms with Crippen LogP contribution >= 0.6 is 0 Å². The second-order valence-electron chi connectivity index (χ2n) is 3.50. The van der Waals surface area contributed by atoms with Gasteiger partial charge in [-0.1, -0.05) is 6.07 Å². The van der Waals surface area contributed by atoms with Crippen LogP contribution in [0.25, 0.3) is 10.9 Å². The molecule has 0 aromatic carbocycles. The average Bonchev–Trinajstić information content (AvgIpc) is 2.33. The molecule has 2 aromatic rings. The molecule has 0 atom stereocenters. The maximum absolute atomic E-state index is 12.0. The summed E-state index contributed by atoms with van der Waals surface area (Å²) in [4.78, 5) is 27.3. The highest BCUT2D eigenvalue weighted by Gasteiger charge is 2.07. The van der Waals surface area contributed by atoms with Gasteiger partial charge >= 0.3 is 5.97 Å². The molecule has 0 saturated heterocycles. The van der Waals surface area contributed by atoms with Crippen molar-refractivity contribution in [2.45, 2.75) is 13.5 Å². The van der Waals surface area contributed by atoms with Crippen LogP contribution in [-0.2, 0) is 16.1 Å². The Labute approximate surface area is 97.7 Å². The minimum Gasteiger partial charge on any atom is -0.465 e. The van der Waals surface area contributed by atoms with Gasteiger partial charge in [0.05, 0.1) is 6.61 Å². The van der Waals surface area contributed by atoms with E-state index in [0.717, 1.165) is 5.39 Å². The van der Waals surface area contributed by atoms with Crippen LogP contribution in [0, 0.1) is 0 Å². The van der Waals surface area contributed by atoms with Crippen molar-refractivity contribution >= 4 is 16.9 Å². The van der Waals surface area contributed by atoms with E-state index in [0.29, 0.717) is 12.1 Å². The number of carbonyl (C=O) groups is 1. The van der Waals surface area contributed by atoms with E-state index in [1.807, 2.05) is 0 Å². The Morgan fingerprint density at radius 2 is 2.29 bits per heavy atom. The van der Waals surface area contributed by atoms with Crippen molar-refractivity contribution in [2.24, 2.45) is 0 Å². The largest absolute Gasteiger partial charge is 0.465 e. The predicted molar refractivity (Wildman–Crippen MR) is 62.6 cm³/mol. The van der Waals surface area contributed by atoms with Crippen molar-refractivity contribution in [3.05, 3.63) is 40.9 Å². The fraction of sp³-hybridized carbons (Fsp3) is 0.250. The molecule has 0 bridgehead atoms. The van der Waals surface area contributed by atoms with Crippen molar-refractivity contribution in [2.75, 3.05) is 6.61 Å². The van der Waals surface area contributed by atoms with Crippen molar-refractivity contribution in [3.63, 3.8) is 0 Å². The summed E-state index contributed by atoms with van der Waals surface area (Å²) >= 11 is 0. The van der Waals surface area contributed by atoms with Crippen molar-refractivity contribution in [1.82, 2.24) is 9.55 Å². The molecule has 0 aliphatic rings. The van der Waals surface area contributed by atoms with E-state index in [1.54, 1.807) is 37.5 Å². The average molecular weight is 232 g/mol. The number of rotatable bonds is 3. The number of hydrogen-bond donors (Lipinski definition) is 0. The summed E-state index contributed by atoms with van der Waals surface area (Å²) in [6.07, 6.45) is 3.13. The monoisotopic (exact) mass is 232 g/mol. The van der Waals surface area contributed by atoms with Gasteiger partial charge in [0.2, 0.25) is 0 Å². The lowest BCUT2D eigenvalue weighted by Crippen LogP contribution is -2.25. The van der Waals surface area contributed by atoms with Crippen molar-refractivity contribution in [1.29, 1.82) is 0 Å². The van der Waals surface area contributed by atoms with Gasteiger partial charge in [-0.25, -0.2) is 0 Å². The first kappa shape index (κ1) is 11.3. The van der Waals surface area contributed by atoms with Crippen LogP contribution < -0.4 is 5.56 Å².